The Bertz CT molecular complexity index is 1140. The molecule has 41 heavy (non-hydrogen) atoms. The van der Waals surface area contributed by atoms with E-state index < -0.39 is 35.1 Å². The molecule has 0 saturated heterocycles. The number of carbonyl (C=O) groups excluding carboxylic acids is 1. The molecule has 4 saturated carbocycles. The molecule has 0 heterocycles. The maximum Gasteiger partial charge on any atom is 0.333 e. The number of hydrogen-bond donors (Lipinski definition) is 4. The van der Waals surface area contributed by atoms with E-state index in [-0.39, 0.29) is 40.3 Å². The zero-order chi connectivity index (χ0) is 30.6. The van der Waals surface area contributed by atoms with Crippen LogP contribution in [-0.4, -0.2) is 57.4 Å². The summed E-state index contributed by atoms with van der Waals surface area (Å²) in [6.45, 7) is 18.9. The summed E-state index contributed by atoms with van der Waals surface area (Å²) in [6, 6.07) is 0. The minimum atomic E-state index is -1.18. The van der Waals surface area contributed by atoms with Crippen LogP contribution >= 0.6 is 0 Å². The quantitative estimate of drug-likeness (QED) is 0.200. The highest BCUT2D eigenvalue weighted by Crippen LogP contribution is 2.75. The minimum absolute atomic E-state index is 0.0722. The Hall–Kier alpha value is -1.21. The number of aliphatic hydroxyl groups excluding tert-OH is 4. The molecule has 4 fully saturated rings. The van der Waals surface area contributed by atoms with Crippen LogP contribution in [0.1, 0.15) is 107 Å². The van der Waals surface area contributed by atoms with Crippen molar-refractivity contribution in [3.63, 3.8) is 0 Å². The molecule has 6 heteroatoms. The zero-order valence-electron chi connectivity index (χ0n) is 27.0. The van der Waals surface area contributed by atoms with Gasteiger partial charge in [-0.05, 0) is 104 Å². The Kier molecular flexibility index (Phi) is 7.34. The van der Waals surface area contributed by atoms with Gasteiger partial charge >= 0.3 is 5.97 Å². The van der Waals surface area contributed by atoms with Crippen molar-refractivity contribution in [1.29, 1.82) is 0 Å². The molecule has 5 aliphatic rings. The van der Waals surface area contributed by atoms with Crippen molar-refractivity contribution in [2.45, 2.75) is 132 Å². The number of carbonyl (C=O) groups is 1. The van der Waals surface area contributed by atoms with Crippen molar-refractivity contribution in [1.82, 2.24) is 0 Å². The summed E-state index contributed by atoms with van der Waals surface area (Å²) in [5.41, 5.74) is -0.470. The van der Waals surface area contributed by atoms with E-state index in [1.165, 1.54) is 5.57 Å². The van der Waals surface area contributed by atoms with Gasteiger partial charge in [0.1, 0.15) is 6.10 Å². The van der Waals surface area contributed by atoms with E-state index >= 15 is 0 Å². The van der Waals surface area contributed by atoms with Crippen LogP contribution in [0.15, 0.2) is 23.3 Å². The summed E-state index contributed by atoms with van der Waals surface area (Å²) in [5.74, 6) is 0.106. The van der Waals surface area contributed by atoms with Gasteiger partial charge in [0.05, 0.1) is 30.3 Å². The smallest absolute Gasteiger partial charge is 0.333 e. The molecule has 5 aliphatic carbocycles. The summed E-state index contributed by atoms with van der Waals surface area (Å²) >= 11 is 0. The van der Waals surface area contributed by atoms with Crippen molar-refractivity contribution < 1.29 is 30.0 Å². The van der Waals surface area contributed by atoms with Crippen molar-refractivity contribution in [2.75, 3.05) is 6.61 Å². The van der Waals surface area contributed by atoms with Crippen LogP contribution in [0, 0.1) is 50.2 Å². The minimum Gasteiger partial charge on any atom is -0.455 e. The summed E-state index contributed by atoms with van der Waals surface area (Å²) in [7, 11) is 0. The number of esters is 1. The van der Waals surface area contributed by atoms with Crippen molar-refractivity contribution >= 4 is 5.97 Å². The lowest BCUT2D eigenvalue weighted by Crippen LogP contribution is -2.72. The second-order valence-corrected chi connectivity index (χ2v) is 16.6. The topological polar surface area (TPSA) is 107 Å². The normalized spacial score (nSPS) is 50.4. The average molecular weight is 573 g/mol. The van der Waals surface area contributed by atoms with E-state index in [0.29, 0.717) is 30.3 Å². The molecule has 0 spiro atoms. The van der Waals surface area contributed by atoms with Crippen molar-refractivity contribution in [2.24, 2.45) is 50.2 Å². The Morgan fingerprint density at radius 3 is 2.24 bits per heavy atom. The molecule has 0 radical (unpaired) electrons. The predicted octanol–water partition coefficient (Wildman–Crippen LogP) is 5.57. The van der Waals surface area contributed by atoms with Crippen molar-refractivity contribution in [3.8, 4) is 0 Å². The van der Waals surface area contributed by atoms with E-state index in [9.17, 15) is 25.2 Å². The monoisotopic (exact) mass is 572 g/mol. The molecule has 0 amide bonds. The van der Waals surface area contributed by atoms with Gasteiger partial charge in [0.25, 0.3) is 0 Å². The maximum absolute atomic E-state index is 13.1. The Morgan fingerprint density at radius 1 is 0.976 bits per heavy atom. The summed E-state index contributed by atoms with van der Waals surface area (Å²) in [4.78, 5) is 13.1. The molecule has 0 bridgehead atoms. The second-order valence-electron chi connectivity index (χ2n) is 16.6. The number of fused-ring (bicyclic) bond motifs is 7. The molecule has 0 aromatic heterocycles. The van der Waals surface area contributed by atoms with Gasteiger partial charge < -0.3 is 25.2 Å². The van der Waals surface area contributed by atoms with Crippen LogP contribution < -0.4 is 0 Å². The lowest BCUT2D eigenvalue weighted by molar-refractivity contribution is -0.262. The first kappa shape index (κ1) is 31.2. The second kappa shape index (κ2) is 9.64. The summed E-state index contributed by atoms with van der Waals surface area (Å²) in [5, 5.41) is 46.0. The SMILES string of the molecule is C/C=C(/C)C(=O)O[C@H]1[C@H](O)C(C)(C)C[C@H]2C3=CC[C@@H]4[C@@]5(C)CC[C@H](O)C(C)(C)[C@@H]5CC[C@@]4(C)[C@]3(C)C[C@@H](O)[C@]21CO. The Morgan fingerprint density at radius 2 is 1.63 bits per heavy atom. The van der Waals surface area contributed by atoms with Crippen molar-refractivity contribution in [3.05, 3.63) is 23.3 Å². The largest absolute Gasteiger partial charge is 0.455 e. The number of hydrogen-bond acceptors (Lipinski definition) is 6. The van der Waals surface area contributed by atoms with Crippen LogP contribution in [0.25, 0.3) is 0 Å². The van der Waals surface area contributed by atoms with Gasteiger partial charge in [0.2, 0.25) is 0 Å². The first-order valence-corrected chi connectivity index (χ1v) is 16.1. The Labute approximate surface area is 247 Å². The summed E-state index contributed by atoms with van der Waals surface area (Å²) < 4.78 is 6.06. The van der Waals surface area contributed by atoms with E-state index in [1.807, 2.05) is 13.8 Å². The van der Waals surface area contributed by atoms with Gasteiger partial charge in [0.15, 0.2) is 0 Å². The fraction of sp³-hybridized carbons (Fsp3) is 0.857. The number of rotatable bonds is 3. The fourth-order valence-corrected chi connectivity index (χ4v) is 11.4. The van der Waals surface area contributed by atoms with Gasteiger partial charge in [0, 0.05) is 5.57 Å². The average Bonchev–Trinajstić information content (AvgIpc) is 2.89. The molecule has 5 rings (SSSR count). The predicted molar refractivity (Wildman–Crippen MR) is 160 cm³/mol. The maximum atomic E-state index is 13.1. The van der Waals surface area contributed by atoms with Crippen LogP contribution in [0.4, 0.5) is 0 Å². The standard InChI is InChI=1S/C35H56O6/c1-10-20(2)29(40)41-28-27(39)30(3,4)17-22-21-11-12-24-32(7)15-14-25(37)31(5,6)23(32)13-16-33(24,8)34(21,9)18-26(38)35(22,28)19-36/h10-11,22-28,36-39H,12-19H2,1-9H3/b20-10-/t22-,23-,24+,25-,26+,27-,28-,32-,33+,34+,35-/m0/s1. The third kappa shape index (κ3) is 3.92. The van der Waals surface area contributed by atoms with Crippen LogP contribution in [0.5, 0.6) is 0 Å². The van der Waals surface area contributed by atoms with Gasteiger partial charge in [-0.1, -0.05) is 66.2 Å². The van der Waals surface area contributed by atoms with Gasteiger partial charge in [-0.15, -0.1) is 0 Å². The highest BCUT2D eigenvalue weighted by atomic mass is 16.6. The third-order valence-corrected chi connectivity index (χ3v) is 14.4. The van der Waals surface area contributed by atoms with E-state index in [4.69, 9.17) is 4.74 Å². The van der Waals surface area contributed by atoms with Crippen LogP contribution in [0.2, 0.25) is 0 Å². The highest BCUT2D eigenvalue weighted by Gasteiger charge is 2.72. The summed E-state index contributed by atoms with van der Waals surface area (Å²) in [6.07, 6.45) is 6.74. The molecule has 0 aliphatic heterocycles. The Balaban J connectivity index is 1.63. The van der Waals surface area contributed by atoms with E-state index in [1.54, 1.807) is 19.9 Å². The third-order valence-electron chi connectivity index (χ3n) is 14.4. The van der Waals surface area contributed by atoms with Gasteiger partial charge in [-0.2, -0.15) is 0 Å². The van der Waals surface area contributed by atoms with Gasteiger partial charge in [-0.25, -0.2) is 4.79 Å². The molecule has 0 unspecified atom stereocenters. The van der Waals surface area contributed by atoms with E-state index in [0.717, 1.165) is 32.1 Å². The molecule has 0 aromatic rings. The molecule has 11 atom stereocenters. The van der Waals surface area contributed by atoms with Crippen LogP contribution in [0.3, 0.4) is 0 Å². The first-order chi connectivity index (χ1) is 18.9. The first-order valence-electron chi connectivity index (χ1n) is 16.1. The number of allylic oxidation sites excluding steroid dienone is 3. The van der Waals surface area contributed by atoms with Gasteiger partial charge in [-0.3, -0.25) is 0 Å². The highest BCUT2D eigenvalue weighted by molar-refractivity contribution is 5.87. The molecular weight excluding hydrogens is 516 g/mol. The molecule has 0 aromatic carbocycles. The molecule has 6 nitrogen and oxygen atoms in total. The molecule has 232 valence electrons. The lowest BCUT2D eigenvalue weighted by Gasteiger charge is -2.72. The fourth-order valence-electron chi connectivity index (χ4n) is 11.4. The number of ether oxygens (including phenoxy) is 1. The van der Waals surface area contributed by atoms with Crippen LogP contribution in [-0.2, 0) is 9.53 Å². The lowest BCUT2D eigenvalue weighted by atomic mass is 9.33. The number of aliphatic hydroxyl groups is 4. The van der Waals surface area contributed by atoms with E-state index in [2.05, 4.69) is 40.7 Å². The molecule has 4 N–H and O–H groups in total. The molecular formula is C35H56O6. The zero-order valence-corrected chi connectivity index (χ0v) is 27.0.